The van der Waals surface area contributed by atoms with Crippen molar-refractivity contribution in [3.8, 4) is 11.3 Å². The van der Waals surface area contributed by atoms with Gasteiger partial charge in [-0.3, -0.25) is 0 Å². The number of hydrogen-bond donors (Lipinski definition) is 0. The monoisotopic (exact) mass is 381 g/mol. The molecule has 1 heterocycles. The third kappa shape index (κ3) is 2.67. The zero-order chi connectivity index (χ0) is 13.2. The van der Waals surface area contributed by atoms with Crippen LogP contribution < -0.4 is 0 Å². The van der Waals surface area contributed by atoms with Crippen LogP contribution in [0.1, 0.15) is 0 Å². The number of aromatic nitrogens is 1. The summed E-state index contributed by atoms with van der Waals surface area (Å²) in [5.41, 5.74) is 1.77. The van der Waals surface area contributed by atoms with Crippen LogP contribution in [0.15, 0.2) is 59.2 Å². The van der Waals surface area contributed by atoms with E-state index in [2.05, 4.69) is 45.8 Å². The maximum absolute atomic E-state index is 5.53. The Balaban J connectivity index is 0.000000132. The lowest BCUT2D eigenvalue weighted by Gasteiger charge is -2.02. The fourth-order valence-corrected chi connectivity index (χ4v) is 2.70. The molecule has 2 nitrogen and oxygen atoms in total. The van der Waals surface area contributed by atoms with Gasteiger partial charge in [0.1, 0.15) is 12.0 Å². The van der Waals surface area contributed by atoms with Crippen molar-refractivity contribution >= 4 is 34.2 Å². The summed E-state index contributed by atoms with van der Waals surface area (Å²) in [5, 5.41) is 3.07. The number of oxazole rings is 1. The average Bonchev–Trinajstić information content (AvgIpc) is 2.84. The van der Waals surface area contributed by atoms with Gasteiger partial charge in [0.15, 0.2) is 0 Å². The van der Waals surface area contributed by atoms with Crippen LogP contribution in [0, 0.1) is 14.0 Å². The molecule has 2 aliphatic rings. The molecule has 4 heteroatoms. The summed E-state index contributed by atoms with van der Waals surface area (Å²) in [6.45, 7) is 0. The van der Waals surface area contributed by atoms with Crippen LogP contribution in [-0.2, 0) is 0 Å². The van der Waals surface area contributed by atoms with E-state index in [0.717, 1.165) is 11.3 Å². The van der Waals surface area contributed by atoms with Crippen molar-refractivity contribution in [1.82, 2.24) is 4.98 Å². The fraction of sp³-hybridized carbons (Fsp3) is 0. The second-order valence-electron chi connectivity index (χ2n) is 4.05. The van der Waals surface area contributed by atoms with Crippen LogP contribution in [0.5, 0.6) is 0 Å². The highest BCUT2D eigenvalue weighted by molar-refractivity contribution is 14.1. The smallest absolute Gasteiger partial charge is 0.292 e. The first kappa shape index (κ1) is 12.7. The largest absolute Gasteiger partial charge is 0.436 e. The molecule has 0 aliphatic heterocycles. The Morgan fingerprint density at radius 2 is 1.84 bits per heavy atom. The molecular weight excluding hydrogens is 373 g/mol. The molecule has 0 atom stereocenters. The van der Waals surface area contributed by atoms with Crippen LogP contribution >= 0.6 is 34.2 Å². The Hall–Kier alpha value is -1.33. The SMILES string of the molecule is Clc1nc(-c2ccccc2)co1.Ic1cc2ccc1=2. The number of hydrogen-bond acceptors (Lipinski definition) is 2. The topological polar surface area (TPSA) is 26.0 Å². The molecule has 19 heavy (non-hydrogen) atoms. The molecule has 0 bridgehead atoms. The molecule has 94 valence electrons. The molecular formula is C15H9ClINO. The molecule has 0 N–H and O–H groups in total. The van der Waals surface area contributed by atoms with E-state index < -0.39 is 0 Å². The Labute approximate surface area is 128 Å². The van der Waals surface area contributed by atoms with Gasteiger partial charge in [-0.15, -0.1) is 0 Å². The lowest BCUT2D eigenvalue weighted by Crippen LogP contribution is -1.88. The Kier molecular flexibility index (Phi) is 3.57. The minimum atomic E-state index is 0.175. The molecule has 4 rings (SSSR count). The molecule has 1 aromatic heterocycles. The lowest BCUT2D eigenvalue weighted by molar-refractivity contribution is 0.560. The molecule has 0 unspecified atom stereocenters. The summed E-state index contributed by atoms with van der Waals surface area (Å²) in [7, 11) is 0. The van der Waals surface area contributed by atoms with Gasteiger partial charge < -0.3 is 4.42 Å². The van der Waals surface area contributed by atoms with E-state index in [1.807, 2.05) is 30.3 Å². The van der Waals surface area contributed by atoms with Crippen molar-refractivity contribution in [2.75, 3.05) is 0 Å². The van der Waals surface area contributed by atoms with E-state index in [-0.39, 0.29) is 5.35 Å². The van der Waals surface area contributed by atoms with E-state index in [1.165, 1.54) is 20.3 Å². The van der Waals surface area contributed by atoms with Crippen molar-refractivity contribution in [1.29, 1.82) is 0 Å². The van der Waals surface area contributed by atoms with Crippen molar-refractivity contribution in [3.05, 3.63) is 74.2 Å². The Morgan fingerprint density at radius 1 is 1.05 bits per heavy atom. The third-order valence-corrected chi connectivity index (χ3v) is 3.89. The van der Waals surface area contributed by atoms with E-state index >= 15 is 0 Å². The van der Waals surface area contributed by atoms with Gasteiger partial charge in [0.2, 0.25) is 0 Å². The summed E-state index contributed by atoms with van der Waals surface area (Å²) >= 11 is 7.87. The quantitative estimate of drug-likeness (QED) is 0.439. The number of rotatable bonds is 1. The van der Waals surface area contributed by atoms with Crippen molar-refractivity contribution in [3.63, 3.8) is 0 Å². The van der Waals surface area contributed by atoms with Gasteiger partial charge >= 0.3 is 0 Å². The van der Waals surface area contributed by atoms with Crippen LogP contribution in [0.3, 0.4) is 0 Å². The zero-order valence-electron chi connectivity index (χ0n) is 9.81. The molecule has 0 saturated carbocycles. The van der Waals surface area contributed by atoms with E-state index in [9.17, 15) is 0 Å². The van der Waals surface area contributed by atoms with E-state index in [4.69, 9.17) is 16.0 Å². The zero-order valence-corrected chi connectivity index (χ0v) is 12.7. The minimum absolute atomic E-state index is 0.175. The molecule has 1 aromatic carbocycles. The Morgan fingerprint density at radius 3 is 2.21 bits per heavy atom. The van der Waals surface area contributed by atoms with Gasteiger partial charge in [-0.1, -0.05) is 42.5 Å². The van der Waals surface area contributed by atoms with Gasteiger partial charge in [0.05, 0.1) is 0 Å². The molecule has 0 amide bonds. The van der Waals surface area contributed by atoms with E-state index in [1.54, 1.807) is 0 Å². The maximum atomic E-state index is 5.53. The van der Waals surface area contributed by atoms with Crippen molar-refractivity contribution < 1.29 is 4.42 Å². The lowest BCUT2D eigenvalue weighted by atomic mass is 10.1. The van der Waals surface area contributed by atoms with Gasteiger partial charge in [-0.25, -0.2) is 0 Å². The number of nitrogens with zero attached hydrogens (tertiary/aromatic N) is 1. The molecule has 2 aliphatic carbocycles. The molecule has 0 saturated heterocycles. The van der Waals surface area contributed by atoms with Crippen LogP contribution in [-0.4, -0.2) is 4.98 Å². The highest BCUT2D eigenvalue weighted by atomic mass is 127. The number of halogens is 2. The van der Waals surface area contributed by atoms with Crippen LogP contribution in [0.4, 0.5) is 0 Å². The van der Waals surface area contributed by atoms with Gasteiger partial charge in [0, 0.05) is 9.13 Å². The van der Waals surface area contributed by atoms with Crippen molar-refractivity contribution in [2.45, 2.75) is 0 Å². The first-order valence-corrected chi connectivity index (χ1v) is 7.16. The van der Waals surface area contributed by atoms with E-state index in [0.29, 0.717) is 0 Å². The molecule has 0 fully saturated rings. The second kappa shape index (κ2) is 5.35. The standard InChI is InChI=1S/C9H6ClNO.C6H3I/c10-9-11-8(6-12-9)7-4-2-1-3-5-7;7-6-3-4-1-2-5(4)6/h1-6H;1-3H. The minimum Gasteiger partial charge on any atom is -0.436 e. The van der Waals surface area contributed by atoms with Crippen LogP contribution in [0.2, 0.25) is 5.35 Å². The first-order valence-electron chi connectivity index (χ1n) is 5.70. The normalized spacial score (nSPS) is 10.6. The summed E-state index contributed by atoms with van der Waals surface area (Å²) in [5.74, 6) is 0. The number of benzene rings is 2. The highest BCUT2D eigenvalue weighted by Gasteiger charge is 2.02. The summed E-state index contributed by atoms with van der Waals surface area (Å²) in [6.07, 6.45) is 1.54. The van der Waals surface area contributed by atoms with Crippen molar-refractivity contribution in [2.24, 2.45) is 0 Å². The summed E-state index contributed by atoms with van der Waals surface area (Å²) < 4.78 is 6.29. The average molecular weight is 382 g/mol. The second-order valence-corrected chi connectivity index (χ2v) is 5.53. The summed E-state index contributed by atoms with van der Waals surface area (Å²) in [6, 6.07) is 16.2. The predicted molar refractivity (Wildman–Crippen MR) is 83.8 cm³/mol. The summed E-state index contributed by atoms with van der Waals surface area (Å²) in [4.78, 5) is 3.98. The van der Waals surface area contributed by atoms with Crippen LogP contribution in [0.25, 0.3) is 11.3 Å². The predicted octanol–water partition coefficient (Wildman–Crippen LogP) is 4.89. The van der Waals surface area contributed by atoms with Gasteiger partial charge in [-0.05, 0) is 50.7 Å². The van der Waals surface area contributed by atoms with Gasteiger partial charge in [-0.2, -0.15) is 4.98 Å². The molecule has 0 spiro atoms. The maximum Gasteiger partial charge on any atom is 0.292 e. The molecule has 0 radical (unpaired) electrons. The Bertz CT molecular complexity index is 799. The fourth-order valence-electron chi connectivity index (χ4n) is 1.74. The van der Waals surface area contributed by atoms with Gasteiger partial charge in [0.25, 0.3) is 5.35 Å². The molecule has 2 aromatic rings. The highest BCUT2D eigenvalue weighted by Crippen LogP contribution is 2.19. The first-order chi connectivity index (χ1) is 9.24. The third-order valence-electron chi connectivity index (χ3n) is 2.83.